The number of aliphatic hydroxyl groups is 4. The minimum Gasteiger partial charge on any atom is -0.390 e. The van der Waals surface area contributed by atoms with Crippen LogP contribution in [0.3, 0.4) is 0 Å². The zero-order valence-electron chi connectivity index (χ0n) is 8.00. The van der Waals surface area contributed by atoms with Gasteiger partial charge in [0.1, 0.15) is 18.0 Å². The Hall–Kier alpha value is -0.490. The van der Waals surface area contributed by atoms with Crippen molar-refractivity contribution in [3.63, 3.8) is 0 Å². The minimum absolute atomic E-state index is 0.00602. The highest BCUT2D eigenvalue weighted by Gasteiger charge is 2.44. The molecule has 1 aliphatic carbocycles. The number of rotatable bonds is 2. The second-order valence-corrected chi connectivity index (χ2v) is 3.70. The third-order valence-electron chi connectivity index (χ3n) is 2.76. The van der Waals surface area contributed by atoms with Crippen LogP contribution in [0.15, 0.2) is 0 Å². The first-order valence-corrected chi connectivity index (χ1v) is 4.74. The molecular weight excluding hydrogens is 188 g/mol. The quantitative estimate of drug-likeness (QED) is 0.435. The van der Waals surface area contributed by atoms with Gasteiger partial charge < -0.3 is 20.4 Å². The highest BCUT2D eigenvalue weighted by molar-refractivity contribution is 5.81. The van der Waals surface area contributed by atoms with Crippen molar-refractivity contribution < 1.29 is 25.2 Å². The third-order valence-corrected chi connectivity index (χ3v) is 2.76. The Labute approximate surface area is 82.0 Å². The van der Waals surface area contributed by atoms with Gasteiger partial charge in [-0.2, -0.15) is 0 Å². The lowest BCUT2D eigenvalue weighted by Crippen LogP contribution is -2.55. The third kappa shape index (κ3) is 1.95. The molecule has 0 bridgehead atoms. The number of Topliss-reactive ketones (excluding diaryl/α,β-unsaturated/α-hetero) is 1. The second kappa shape index (κ2) is 4.35. The number of carbonyl (C=O) groups excluding carboxylic acids is 1. The van der Waals surface area contributed by atoms with E-state index in [0.29, 0.717) is 0 Å². The first-order chi connectivity index (χ1) is 6.49. The molecule has 5 atom stereocenters. The van der Waals surface area contributed by atoms with Gasteiger partial charge in [0.25, 0.3) is 0 Å². The van der Waals surface area contributed by atoms with Crippen LogP contribution in [0.5, 0.6) is 0 Å². The van der Waals surface area contributed by atoms with Crippen LogP contribution in [0, 0.1) is 5.92 Å². The van der Waals surface area contributed by atoms with Gasteiger partial charge in [-0.05, 0) is 6.42 Å². The highest BCUT2D eigenvalue weighted by Crippen LogP contribution is 2.27. The number of ketones is 1. The molecule has 5 heteroatoms. The van der Waals surface area contributed by atoms with Gasteiger partial charge in [0, 0.05) is 12.3 Å². The van der Waals surface area contributed by atoms with Crippen molar-refractivity contribution in [2.75, 3.05) is 0 Å². The molecule has 1 saturated carbocycles. The standard InChI is InChI=1S/C9H16O5/c1-2-5(10)4-3-6(11)8(13)9(14)7(4)12/h4,6-9,11-14H,2-3H2,1H3/t4-,6-,7+,8+,9?/m0/s1. The van der Waals surface area contributed by atoms with E-state index in [-0.39, 0.29) is 18.6 Å². The Morgan fingerprint density at radius 2 is 1.71 bits per heavy atom. The fourth-order valence-electron chi connectivity index (χ4n) is 1.79. The van der Waals surface area contributed by atoms with E-state index >= 15 is 0 Å². The van der Waals surface area contributed by atoms with Gasteiger partial charge in [-0.25, -0.2) is 0 Å². The molecule has 0 spiro atoms. The molecule has 1 unspecified atom stereocenters. The van der Waals surface area contributed by atoms with Gasteiger partial charge in [-0.15, -0.1) is 0 Å². The Bertz CT molecular complexity index is 217. The predicted octanol–water partition coefficient (Wildman–Crippen LogP) is -1.57. The van der Waals surface area contributed by atoms with E-state index in [4.69, 9.17) is 0 Å². The first kappa shape index (κ1) is 11.6. The summed E-state index contributed by atoms with van der Waals surface area (Å²) in [5.41, 5.74) is 0. The fourth-order valence-corrected chi connectivity index (χ4v) is 1.79. The van der Waals surface area contributed by atoms with Crippen molar-refractivity contribution in [3.8, 4) is 0 Å². The van der Waals surface area contributed by atoms with E-state index in [1.165, 1.54) is 0 Å². The summed E-state index contributed by atoms with van der Waals surface area (Å²) in [6, 6.07) is 0. The van der Waals surface area contributed by atoms with Gasteiger partial charge in [0.15, 0.2) is 0 Å². The minimum atomic E-state index is -1.45. The van der Waals surface area contributed by atoms with Crippen LogP contribution < -0.4 is 0 Å². The predicted molar refractivity (Wildman–Crippen MR) is 47.4 cm³/mol. The molecule has 0 aliphatic heterocycles. The van der Waals surface area contributed by atoms with Gasteiger partial charge in [0.2, 0.25) is 0 Å². The van der Waals surface area contributed by atoms with Crippen molar-refractivity contribution in [2.45, 2.75) is 44.2 Å². The maximum atomic E-state index is 11.3. The molecule has 14 heavy (non-hydrogen) atoms. The molecule has 0 radical (unpaired) electrons. The Kier molecular flexibility index (Phi) is 3.60. The normalized spacial score (nSPS) is 43.6. The van der Waals surface area contributed by atoms with E-state index in [9.17, 15) is 25.2 Å². The zero-order chi connectivity index (χ0) is 10.9. The summed E-state index contributed by atoms with van der Waals surface area (Å²) in [5.74, 6) is -0.976. The Morgan fingerprint density at radius 1 is 1.14 bits per heavy atom. The van der Waals surface area contributed by atoms with Crippen molar-refractivity contribution in [1.29, 1.82) is 0 Å². The summed E-state index contributed by atoms with van der Waals surface area (Å²) >= 11 is 0. The largest absolute Gasteiger partial charge is 0.390 e. The SMILES string of the molecule is CCC(=O)[C@@H]1C[C@H](O)[C@@H](O)C(O)[C@@H]1O. The smallest absolute Gasteiger partial charge is 0.138 e. The number of hydrogen-bond acceptors (Lipinski definition) is 5. The van der Waals surface area contributed by atoms with Crippen molar-refractivity contribution in [1.82, 2.24) is 0 Å². The monoisotopic (exact) mass is 204 g/mol. The molecule has 4 N–H and O–H groups in total. The summed E-state index contributed by atoms with van der Waals surface area (Å²) in [6.07, 6.45) is -4.98. The van der Waals surface area contributed by atoms with Crippen molar-refractivity contribution in [2.24, 2.45) is 5.92 Å². The summed E-state index contributed by atoms with van der Waals surface area (Å²) in [7, 11) is 0. The maximum Gasteiger partial charge on any atom is 0.138 e. The molecule has 1 aliphatic rings. The lowest BCUT2D eigenvalue weighted by atomic mass is 9.78. The highest BCUT2D eigenvalue weighted by atomic mass is 16.4. The van der Waals surface area contributed by atoms with Crippen LogP contribution in [0.4, 0.5) is 0 Å². The van der Waals surface area contributed by atoms with Crippen LogP contribution in [0.25, 0.3) is 0 Å². The molecule has 0 aromatic carbocycles. The topological polar surface area (TPSA) is 98.0 Å². The van der Waals surface area contributed by atoms with E-state index < -0.39 is 30.3 Å². The van der Waals surface area contributed by atoms with Crippen LogP contribution >= 0.6 is 0 Å². The Balaban J connectivity index is 2.75. The molecule has 0 saturated heterocycles. The molecular formula is C9H16O5. The fraction of sp³-hybridized carbons (Fsp3) is 0.889. The Morgan fingerprint density at radius 3 is 2.21 bits per heavy atom. The van der Waals surface area contributed by atoms with Crippen LogP contribution in [-0.4, -0.2) is 50.6 Å². The van der Waals surface area contributed by atoms with Crippen LogP contribution in [0.1, 0.15) is 19.8 Å². The first-order valence-electron chi connectivity index (χ1n) is 4.74. The lowest BCUT2D eigenvalue weighted by Gasteiger charge is -2.37. The molecule has 82 valence electrons. The van der Waals surface area contributed by atoms with Crippen LogP contribution in [0.2, 0.25) is 0 Å². The van der Waals surface area contributed by atoms with Gasteiger partial charge in [-0.1, -0.05) is 6.92 Å². The number of aliphatic hydroxyl groups excluding tert-OH is 4. The summed E-state index contributed by atoms with van der Waals surface area (Å²) in [6.45, 7) is 1.65. The van der Waals surface area contributed by atoms with E-state index in [2.05, 4.69) is 0 Å². The molecule has 0 heterocycles. The average molecular weight is 204 g/mol. The maximum absolute atomic E-state index is 11.3. The van der Waals surface area contributed by atoms with Gasteiger partial charge in [-0.3, -0.25) is 4.79 Å². The van der Waals surface area contributed by atoms with Gasteiger partial charge in [0.05, 0.1) is 12.2 Å². The number of hydrogen-bond donors (Lipinski definition) is 4. The molecule has 5 nitrogen and oxygen atoms in total. The van der Waals surface area contributed by atoms with Crippen molar-refractivity contribution in [3.05, 3.63) is 0 Å². The van der Waals surface area contributed by atoms with E-state index in [0.717, 1.165) is 0 Å². The molecule has 1 rings (SSSR count). The average Bonchev–Trinajstić information content (AvgIpc) is 2.19. The molecule has 0 aromatic heterocycles. The summed E-state index contributed by atoms with van der Waals surface area (Å²) < 4.78 is 0. The second-order valence-electron chi connectivity index (χ2n) is 3.70. The van der Waals surface area contributed by atoms with E-state index in [1.807, 2.05) is 0 Å². The summed E-state index contributed by atoms with van der Waals surface area (Å²) in [5, 5.41) is 37.3. The van der Waals surface area contributed by atoms with Gasteiger partial charge >= 0.3 is 0 Å². The summed E-state index contributed by atoms with van der Waals surface area (Å²) in [4.78, 5) is 11.3. The van der Waals surface area contributed by atoms with E-state index in [1.54, 1.807) is 6.92 Å². The lowest BCUT2D eigenvalue weighted by molar-refractivity contribution is -0.166. The molecule has 0 amide bonds. The van der Waals surface area contributed by atoms with Crippen LogP contribution in [-0.2, 0) is 4.79 Å². The number of carbonyl (C=O) groups is 1. The molecule has 1 fully saturated rings. The molecule has 0 aromatic rings. The zero-order valence-corrected chi connectivity index (χ0v) is 8.00. The van der Waals surface area contributed by atoms with Crippen molar-refractivity contribution >= 4 is 5.78 Å².